The van der Waals surface area contributed by atoms with Gasteiger partial charge in [-0.3, -0.25) is 9.80 Å². The van der Waals surface area contributed by atoms with E-state index >= 15 is 0 Å². The highest BCUT2D eigenvalue weighted by Crippen LogP contribution is 2.61. The van der Waals surface area contributed by atoms with Crippen LogP contribution in [0, 0.1) is 34.5 Å². The third-order valence-electron chi connectivity index (χ3n) is 9.44. The average Bonchev–Trinajstić information content (AvgIpc) is 3.21. The molecule has 178 valence electrons. The van der Waals surface area contributed by atoms with Crippen molar-refractivity contribution in [1.29, 1.82) is 0 Å². The summed E-state index contributed by atoms with van der Waals surface area (Å²) in [5.74, 6) is 6.86. The SMILES string of the molecule is C[C@]1([C@H](CCN(N)C(N)=NO)C2=CC(=O)OC2)CCC2C(CC[C@@H]3CCCC[C@]23C)C1=O. The summed E-state index contributed by atoms with van der Waals surface area (Å²) >= 11 is 0. The molecular formula is C24H38N4O4. The first-order valence-corrected chi connectivity index (χ1v) is 12.1. The Labute approximate surface area is 190 Å². The molecule has 0 aromatic heterocycles. The van der Waals surface area contributed by atoms with Crippen molar-refractivity contribution < 1.29 is 19.5 Å². The van der Waals surface area contributed by atoms with Gasteiger partial charge in [-0.05, 0) is 73.7 Å². The van der Waals surface area contributed by atoms with E-state index in [2.05, 4.69) is 19.0 Å². The van der Waals surface area contributed by atoms with Crippen LogP contribution in [0.25, 0.3) is 0 Å². The summed E-state index contributed by atoms with van der Waals surface area (Å²) in [4.78, 5) is 26.0. The van der Waals surface area contributed by atoms with Crippen molar-refractivity contribution in [3.63, 3.8) is 0 Å². The van der Waals surface area contributed by atoms with E-state index in [0.717, 1.165) is 37.2 Å². The number of cyclic esters (lactones) is 1. The Bertz CT molecular complexity index is 827. The second-order valence-corrected chi connectivity index (χ2v) is 10.9. The summed E-state index contributed by atoms with van der Waals surface area (Å²) < 4.78 is 5.21. The molecule has 1 aliphatic heterocycles. The lowest BCUT2D eigenvalue weighted by atomic mass is 9.46. The Hall–Kier alpha value is -2.09. The predicted octanol–water partition coefficient (Wildman–Crippen LogP) is 2.95. The van der Waals surface area contributed by atoms with Gasteiger partial charge in [0.1, 0.15) is 12.4 Å². The van der Waals surface area contributed by atoms with E-state index in [4.69, 9.17) is 21.5 Å². The number of guanidine groups is 1. The summed E-state index contributed by atoms with van der Waals surface area (Å²) in [7, 11) is 0. The van der Waals surface area contributed by atoms with Crippen LogP contribution in [0.5, 0.6) is 0 Å². The second kappa shape index (κ2) is 8.69. The van der Waals surface area contributed by atoms with Crippen molar-refractivity contribution in [2.24, 2.45) is 51.2 Å². The Morgan fingerprint density at radius 1 is 1.25 bits per heavy atom. The van der Waals surface area contributed by atoms with Crippen molar-refractivity contribution in [3.8, 4) is 0 Å². The number of Topliss-reactive ketones (excluding diaryl/α,β-unsaturated/α-hetero) is 1. The molecule has 3 saturated carbocycles. The van der Waals surface area contributed by atoms with Gasteiger partial charge < -0.3 is 15.7 Å². The largest absolute Gasteiger partial charge is 0.458 e. The summed E-state index contributed by atoms with van der Waals surface area (Å²) in [5, 5.41) is 13.1. The van der Waals surface area contributed by atoms with Crippen LogP contribution in [0.4, 0.5) is 0 Å². The number of hydrazine groups is 1. The van der Waals surface area contributed by atoms with Gasteiger partial charge >= 0.3 is 5.97 Å². The van der Waals surface area contributed by atoms with Gasteiger partial charge in [0.2, 0.25) is 5.96 Å². The maximum Gasteiger partial charge on any atom is 0.331 e. The van der Waals surface area contributed by atoms with Crippen LogP contribution in [0.3, 0.4) is 0 Å². The Kier molecular flexibility index (Phi) is 6.27. The first-order chi connectivity index (χ1) is 15.2. The second-order valence-electron chi connectivity index (χ2n) is 10.9. The van der Waals surface area contributed by atoms with Gasteiger partial charge in [0.15, 0.2) is 0 Å². The number of oxime groups is 1. The standard InChI is InChI=1S/C24H38N4O4/c1-23-10-4-3-5-16(23)6-7-17-19(23)8-11-24(2,21(17)30)18(15-13-20(29)32-14-15)9-12-28(26)22(25)27-31/h13,16-19,31H,3-12,14,26H2,1-2H3,(H2,25,27)/t16-,17?,18+,19?,23-,24+/m0/s1. The third-order valence-corrected chi connectivity index (χ3v) is 9.44. The van der Waals surface area contributed by atoms with Gasteiger partial charge in [-0.1, -0.05) is 31.8 Å². The van der Waals surface area contributed by atoms with E-state index in [9.17, 15) is 9.59 Å². The van der Waals surface area contributed by atoms with Gasteiger partial charge in [0.25, 0.3) is 0 Å². The molecule has 0 aromatic carbocycles. The number of nitrogens with two attached hydrogens (primary N) is 2. The average molecular weight is 447 g/mol. The molecule has 32 heavy (non-hydrogen) atoms. The molecule has 5 N–H and O–H groups in total. The number of esters is 1. The monoisotopic (exact) mass is 446 g/mol. The fourth-order valence-corrected chi connectivity index (χ4v) is 7.57. The molecule has 4 rings (SSSR count). The molecule has 2 unspecified atom stereocenters. The molecule has 0 spiro atoms. The zero-order chi connectivity index (χ0) is 23.1. The summed E-state index contributed by atoms with van der Waals surface area (Å²) in [6.07, 6.45) is 11.2. The normalized spacial score (nSPS) is 38.4. The number of nitrogens with zero attached hydrogens (tertiary/aromatic N) is 2. The van der Waals surface area contributed by atoms with Gasteiger partial charge in [0, 0.05) is 24.0 Å². The molecule has 0 aromatic rings. The van der Waals surface area contributed by atoms with Crippen LogP contribution >= 0.6 is 0 Å². The molecule has 0 radical (unpaired) electrons. The maximum absolute atomic E-state index is 14.1. The van der Waals surface area contributed by atoms with E-state index in [1.54, 1.807) is 6.08 Å². The molecule has 1 heterocycles. The number of hydrogen-bond donors (Lipinski definition) is 3. The van der Waals surface area contributed by atoms with Crippen LogP contribution in [0.2, 0.25) is 0 Å². The molecule has 8 nitrogen and oxygen atoms in total. The quantitative estimate of drug-likeness (QED) is 0.148. The van der Waals surface area contributed by atoms with Gasteiger partial charge in [-0.25, -0.2) is 10.6 Å². The fraction of sp³-hybridized carbons (Fsp3) is 0.792. The van der Waals surface area contributed by atoms with E-state index < -0.39 is 5.41 Å². The minimum atomic E-state index is -0.579. The van der Waals surface area contributed by atoms with E-state index in [0.29, 0.717) is 24.7 Å². The van der Waals surface area contributed by atoms with E-state index in [1.165, 1.54) is 30.7 Å². The van der Waals surface area contributed by atoms with E-state index in [1.807, 2.05) is 0 Å². The Morgan fingerprint density at radius 2 is 2.03 bits per heavy atom. The zero-order valence-corrected chi connectivity index (χ0v) is 19.4. The number of fused-ring (bicyclic) bond motifs is 3. The summed E-state index contributed by atoms with van der Waals surface area (Å²) in [6, 6.07) is 0. The molecular weight excluding hydrogens is 408 g/mol. The van der Waals surface area contributed by atoms with Gasteiger partial charge in [-0.2, -0.15) is 0 Å². The summed E-state index contributed by atoms with van der Waals surface area (Å²) in [6.45, 7) is 5.03. The molecule has 0 bridgehead atoms. The number of rotatable bonds is 5. The predicted molar refractivity (Wildman–Crippen MR) is 120 cm³/mol. The van der Waals surface area contributed by atoms with Crippen molar-refractivity contribution in [3.05, 3.63) is 11.6 Å². The number of ether oxygens (including phenoxy) is 1. The van der Waals surface area contributed by atoms with Crippen LogP contribution in [-0.4, -0.2) is 41.1 Å². The highest BCUT2D eigenvalue weighted by Gasteiger charge is 2.58. The molecule has 6 atom stereocenters. The fourth-order valence-electron chi connectivity index (χ4n) is 7.57. The Balaban J connectivity index is 1.59. The van der Waals surface area contributed by atoms with Crippen LogP contribution in [-0.2, 0) is 14.3 Å². The smallest absolute Gasteiger partial charge is 0.331 e. The van der Waals surface area contributed by atoms with Crippen LogP contribution < -0.4 is 11.6 Å². The van der Waals surface area contributed by atoms with Gasteiger partial charge in [0.05, 0.1) is 0 Å². The van der Waals surface area contributed by atoms with Gasteiger partial charge in [-0.15, -0.1) is 0 Å². The topological polar surface area (TPSA) is 131 Å². The lowest BCUT2D eigenvalue weighted by molar-refractivity contribution is -0.153. The van der Waals surface area contributed by atoms with Crippen molar-refractivity contribution >= 4 is 17.7 Å². The maximum atomic E-state index is 14.1. The third kappa shape index (κ3) is 3.80. The van der Waals surface area contributed by atoms with Crippen molar-refractivity contribution in [2.45, 2.75) is 71.6 Å². The number of hydrogen-bond acceptors (Lipinski definition) is 6. The van der Waals surface area contributed by atoms with Crippen molar-refractivity contribution in [2.75, 3.05) is 13.2 Å². The molecule has 3 fully saturated rings. The summed E-state index contributed by atoms with van der Waals surface area (Å²) in [5.41, 5.74) is 6.18. The first kappa shape index (κ1) is 23.1. The highest BCUT2D eigenvalue weighted by atomic mass is 16.5. The minimum absolute atomic E-state index is 0.0901. The van der Waals surface area contributed by atoms with Crippen LogP contribution in [0.15, 0.2) is 16.8 Å². The zero-order valence-electron chi connectivity index (χ0n) is 19.4. The Morgan fingerprint density at radius 3 is 2.72 bits per heavy atom. The lowest BCUT2D eigenvalue weighted by Gasteiger charge is -2.58. The van der Waals surface area contributed by atoms with E-state index in [-0.39, 0.29) is 35.8 Å². The lowest BCUT2D eigenvalue weighted by Crippen LogP contribution is -2.55. The number of ketones is 1. The molecule has 4 aliphatic rings. The van der Waals surface area contributed by atoms with Crippen LogP contribution in [0.1, 0.15) is 71.6 Å². The molecule has 8 heteroatoms. The molecule has 0 amide bonds. The number of carbonyl (C=O) groups excluding carboxylic acids is 2. The first-order valence-electron chi connectivity index (χ1n) is 12.1. The minimum Gasteiger partial charge on any atom is -0.458 e. The van der Waals surface area contributed by atoms with Crippen molar-refractivity contribution in [1.82, 2.24) is 5.01 Å². The molecule has 0 saturated heterocycles. The number of carbonyl (C=O) groups is 2. The molecule has 3 aliphatic carbocycles. The highest BCUT2D eigenvalue weighted by molar-refractivity contribution is 5.90.